The van der Waals surface area contributed by atoms with Gasteiger partial charge < -0.3 is 4.74 Å². The second-order valence-corrected chi connectivity index (χ2v) is 6.48. The molecular formula is C16H18F3N3O4. The summed E-state index contributed by atoms with van der Waals surface area (Å²) in [6.07, 6.45) is -4.85. The van der Waals surface area contributed by atoms with Crippen LogP contribution in [-0.2, 0) is 12.1 Å². The maximum absolute atomic E-state index is 12.7. The van der Waals surface area contributed by atoms with Crippen molar-refractivity contribution in [1.29, 1.82) is 0 Å². The van der Waals surface area contributed by atoms with E-state index >= 15 is 0 Å². The molecule has 7 nitrogen and oxygen atoms in total. The molecule has 1 aromatic carbocycles. The molecule has 0 aliphatic carbocycles. The fourth-order valence-corrected chi connectivity index (χ4v) is 2.45. The SMILES string of the molecule is CCn1c(=O)n(-c2ccc(OC(F)(F)F)cc2)c(=O)n(C(C)(C)C)c1=O. The molecule has 2 rings (SSSR count). The highest BCUT2D eigenvalue weighted by atomic mass is 19.4. The lowest BCUT2D eigenvalue weighted by Crippen LogP contribution is -2.57. The molecule has 0 amide bonds. The average Bonchev–Trinajstić information content (AvgIpc) is 2.46. The molecule has 0 saturated carbocycles. The van der Waals surface area contributed by atoms with E-state index in [4.69, 9.17) is 0 Å². The minimum Gasteiger partial charge on any atom is -0.406 e. The van der Waals surface area contributed by atoms with Gasteiger partial charge in [-0.1, -0.05) is 0 Å². The number of ether oxygens (including phenoxy) is 1. The molecule has 1 heterocycles. The van der Waals surface area contributed by atoms with Crippen molar-refractivity contribution in [1.82, 2.24) is 13.7 Å². The lowest BCUT2D eigenvalue weighted by molar-refractivity contribution is -0.274. The van der Waals surface area contributed by atoms with Crippen LogP contribution in [0.5, 0.6) is 5.75 Å². The summed E-state index contributed by atoms with van der Waals surface area (Å²) in [5, 5.41) is 0. The van der Waals surface area contributed by atoms with Crippen LogP contribution < -0.4 is 21.8 Å². The summed E-state index contributed by atoms with van der Waals surface area (Å²) in [6, 6.07) is 4.25. The Morgan fingerprint density at radius 1 is 0.923 bits per heavy atom. The molecule has 0 fully saturated rings. The Balaban J connectivity index is 2.73. The molecule has 0 atom stereocenters. The third-order valence-corrected chi connectivity index (χ3v) is 3.54. The summed E-state index contributed by atoms with van der Waals surface area (Å²) in [4.78, 5) is 37.7. The number of nitrogens with zero attached hydrogens (tertiary/aromatic N) is 3. The van der Waals surface area contributed by atoms with E-state index in [2.05, 4.69) is 4.74 Å². The zero-order valence-corrected chi connectivity index (χ0v) is 14.6. The first-order valence-corrected chi connectivity index (χ1v) is 7.72. The van der Waals surface area contributed by atoms with E-state index in [1.807, 2.05) is 0 Å². The molecule has 0 N–H and O–H groups in total. The molecule has 142 valence electrons. The minimum absolute atomic E-state index is 0.0229. The van der Waals surface area contributed by atoms with Gasteiger partial charge >= 0.3 is 23.4 Å². The largest absolute Gasteiger partial charge is 0.573 e. The first-order valence-electron chi connectivity index (χ1n) is 7.72. The average molecular weight is 373 g/mol. The molecule has 10 heteroatoms. The predicted octanol–water partition coefficient (Wildman–Crippen LogP) is 1.83. The summed E-state index contributed by atoms with van der Waals surface area (Å²) in [5.41, 5.74) is -3.37. The molecule has 0 aliphatic heterocycles. The number of hydrogen-bond donors (Lipinski definition) is 0. The van der Waals surface area contributed by atoms with Gasteiger partial charge in [0.05, 0.1) is 5.69 Å². The van der Waals surface area contributed by atoms with Crippen molar-refractivity contribution in [3.63, 3.8) is 0 Å². The zero-order chi connectivity index (χ0) is 19.9. The summed E-state index contributed by atoms with van der Waals surface area (Å²) >= 11 is 0. The zero-order valence-electron chi connectivity index (χ0n) is 14.6. The van der Waals surface area contributed by atoms with Crippen LogP contribution in [0.4, 0.5) is 13.2 Å². The lowest BCUT2D eigenvalue weighted by atomic mass is 10.1. The van der Waals surface area contributed by atoms with Crippen LogP contribution in [-0.4, -0.2) is 20.1 Å². The normalized spacial score (nSPS) is 12.3. The van der Waals surface area contributed by atoms with Gasteiger partial charge in [-0.2, -0.15) is 0 Å². The van der Waals surface area contributed by atoms with E-state index in [1.54, 1.807) is 27.7 Å². The van der Waals surface area contributed by atoms with Crippen LogP contribution in [0, 0.1) is 0 Å². The number of halogens is 3. The Morgan fingerprint density at radius 3 is 1.88 bits per heavy atom. The molecule has 0 spiro atoms. The van der Waals surface area contributed by atoms with Crippen LogP contribution in [0.15, 0.2) is 38.6 Å². The molecule has 1 aromatic heterocycles. The van der Waals surface area contributed by atoms with Gasteiger partial charge in [-0.3, -0.25) is 0 Å². The van der Waals surface area contributed by atoms with Crippen molar-refractivity contribution in [2.75, 3.05) is 0 Å². The number of alkyl halides is 3. The monoisotopic (exact) mass is 373 g/mol. The van der Waals surface area contributed by atoms with Gasteiger partial charge in [0, 0.05) is 12.1 Å². The second kappa shape index (κ2) is 6.50. The highest BCUT2D eigenvalue weighted by Crippen LogP contribution is 2.23. The van der Waals surface area contributed by atoms with E-state index < -0.39 is 34.7 Å². The fourth-order valence-electron chi connectivity index (χ4n) is 2.45. The van der Waals surface area contributed by atoms with Crippen LogP contribution in [0.2, 0.25) is 0 Å². The molecule has 0 radical (unpaired) electrons. The van der Waals surface area contributed by atoms with E-state index in [9.17, 15) is 27.6 Å². The predicted molar refractivity (Wildman–Crippen MR) is 87.9 cm³/mol. The Bertz CT molecular complexity index is 977. The summed E-state index contributed by atoms with van der Waals surface area (Å²) in [6.45, 7) is 6.49. The van der Waals surface area contributed by atoms with Gasteiger partial charge in [-0.05, 0) is 52.0 Å². The molecule has 0 bridgehead atoms. The Hall–Kier alpha value is -2.78. The summed E-state index contributed by atoms with van der Waals surface area (Å²) in [5.74, 6) is -0.491. The number of hydrogen-bond acceptors (Lipinski definition) is 4. The van der Waals surface area contributed by atoms with Gasteiger partial charge in [0.15, 0.2) is 0 Å². The number of benzene rings is 1. The van der Waals surface area contributed by atoms with Gasteiger partial charge in [0.2, 0.25) is 0 Å². The third-order valence-electron chi connectivity index (χ3n) is 3.54. The summed E-state index contributed by atoms with van der Waals surface area (Å²) in [7, 11) is 0. The smallest absolute Gasteiger partial charge is 0.406 e. The second-order valence-electron chi connectivity index (χ2n) is 6.48. The first kappa shape index (κ1) is 19.5. The molecule has 26 heavy (non-hydrogen) atoms. The highest BCUT2D eigenvalue weighted by Gasteiger charge is 2.31. The molecule has 0 aliphatic rings. The van der Waals surface area contributed by atoms with E-state index in [0.717, 1.165) is 38.0 Å². The van der Waals surface area contributed by atoms with Gasteiger partial charge in [-0.25, -0.2) is 28.1 Å². The van der Waals surface area contributed by atoms with Crippen molar-refractivity contribution in [2.24, 2.45) is 0 Å². The lowest BCUT2D eigenvalue weighted by Gasteiger charge is -2.23. The Kier molecular flexibility index (Phi) is 4.89. The standard InChI is InChI=1S/C16H18F3N3O4/c1-5-20-12(23)21(14(25)22(13(20)24)15(2,3)4)10-6-8-11(9-7-10)26-16(17,18)19/h6-9H,5H2,1-4H3. The van der Waals surface area contributed by atoms with Crippen LogP contribution in [0.1, 0.15) is 27.7 Å². The van der Waals surface area contributed by atoms with Crippen molar-refractivity contribution in [3.8, 4) is 11.4 Å². The van der Waals surface area contributed by atoms with Gasteiger partial charge in [-0.15, -0.1) is 13.2 Å². The van der Waals surface area contributed by atoms with E-state index in [-0.39, 0.29) is 12.2 Å². The van der Waals surface area contributed by atoms with Gasteiger partial charge in [0.1, 0.15) is 5.75 Å². The van der Waals surface area contributed by atoms with Crippen molar-refractivity contribution in [3.05, 3.63) is 55.7 Å². The maximum Gasteiger partial charge on any atom is 0.573 e. The van der Waals surface area contributed by atoms with Crippen molar-refractivity contribution >= 4 is 0 Å². The Morgan fingerprint density at radius 2 is 1.46 bits per heavy atom. The van der Waals surface area contributed by atoms with Crippen LogP contribution in [0.25, 0.3) is 5.69 Å². The number of rotatable bonds is 3. The van der Waals surface area contributed by atoms with Crippen molar-refractivity contribution < 1.29 is 17.9 Å². The summed E-state index contributed by atoms with van der Waals surface area (Å²) < 4.78 is 43.1. The van der Waals surface area contributed by atoms with Crippen molar-refractivity contribution in [2.45, 2.75) is 46.1 Å². The topological polar surface area (TPSA) is 75.2 Å². The minimum atomic E-state index is -4.85. The van der Waals surface area contributed by atoms with E-state index in [0.29, 0.717) is 0 Å². The molecule has 2 aromatic rings. The van der Waals surface area contributed by atoms with Crippen LogP contribution in [0.3, 0.4) is 0 Å². The molecule has 0 unspecified atom stereocenters. The van der Waals surface area contributed by atoms with Crippen LogP contribution >= 0.6 is 0 Å². The Labute approximate surface area is 145 Å². The fraction of sp³-hybridized carbons (Fsp3) is 0.438. The first-order chi connectivity index (χ1) is 11.9. The number of aromatic nitrogens is 3. The third kappa shape index (κ3) is 3.73. The van der Waals surface area contributed by atoms with E-state index in [1.165, 1.54) is 0 Å². The van der Waals surface area contributed by atoms with Gasteiger partial charge in [0.25, 0.3) is 0 Å². The highest BCUT2D eigenvalue weighted by molar-refractivity contribution is 5.37. The molecular weight excluding hydrogens is 355 g/mol. The molecule has 0 saturated heterocycles. The maximum atomic E-state index is 12.7. The quantitative estimate of drug-likeness (QED) is 0.823.